The first-order valence-corrected chi connectivity index (χ1v) is 12.2. The number of carbonyl (C=O) groups is 2. The number of benzene rings is 2. The second-order valence-corrected chi connectivity index (χ2v) is 7.35. The Morgan fingerprint density at radius 2 is 1.47 bits per heavy atom. The van der Waals surface area contributed by atoms with Crippen molar-refractivity contribution < 1.29 is 19.1 Å². The van der Waals surface area contributed by atoms with Crippen molar-refractivity contribution in [1.29, 1.82) is 0 Å². The van der Waals surface area contributed by atoms with Crippen molar-refractivity contribution in [3.05, 3.63) is 77.4 Å². The molecule has 0 atom stereocenters. The van der Waals surface area contributed by atoms with Gasteiger partial charge in [-0.2, -0.15) is 0 Å². The van der Waals surface area contributed by atoms with Crippen molar-refractivity contribution in [2.45, 2.75) is 54.4 Å². The largest absolute Gasteiger partial charge is 0.494 e. The smallest absolute Gasteiger partial charge is 0.330 e. The second kappa shape index (κ2) is 18.5. The van der Waals surface area contributed by atoms with Crippen LogP contribution in [0.4, 0.5) is 0 Å². The molecule has 0 radical (unpaired) electrons. The monoisotopic (exact) mass is 469 g/mol. The van der Waals surface area contributed by atoms with Gasteiger partial charge in [0.15, 0.2) is 5.78 Å². The minimum atomic E-state index is -0.385. The zero-order chi connectivity index (χ0) is 25.9. The Hall–Kier alpha value is -2.92. The van der Waals surface area contributed by atoms with Crippen molar-refractivity contribution >= 4 is 11.8 Å². The second-order valence-electron chi connectivity index (χ2n) is 7.35. The third-order valence-electron chi connectivity index (χ3n) is 4.89. The molecule has 0 saturated heterocycles. The molecule has 0 saturated carbocycles. The van der Waals surface area contributed by atoms with E-state index in [4.69, 9.17) is 9.47 Å². The van der Waals surface area contributed by atoms with E-state index < -0.39 is 0 Å². The Bertz CT molecular complexity index is 876. The molecule has 0 fully saturated rings. The zero-order valence-corrected chi connectivity index (χ0v) is 22.1. The van der Waals surface area contributed by atoms with Gasteiger partial charge in [0.2, 0.25) is 0 Å². The highest BCUT2D eigenvalue weighted by atomic mass is 16.5. The molecular formula is C29H43NO4. The van der Waals surface area contributed by atoms with Gasteiger partial charge in [0.05, 0.1) is 13.2 Å². The molecule has 2 aromatic rings. The van der Waals surface area contributed by atoms with Crippen LogP contribution in [0.15, 0.2) is 55.1 Å². The fourth-order valence-electron chi connectivity index (χ4n) is 3.11. The van der Waals surface area contributed by atoms with Crippen molar-refractivity contribution in [1.82, 2.24) is 4.90 Å². The first kappa shape index (κ1) is 31.1. The molecule has 34 heavy (non-hydrogen) atoms. The van der Waals surface area contributed by atoms with Crippen molar-refractivity contribution in [2.24, 2.45) is 0 Å². The summed E-state index contributed by atoms with van der Waals surface area (Å²) in [6.45, 7) is 17.9. The summed E-state index contributed by atoms with van der Waals surface area (Å²) >= 11 is 0. The highest BCUT2D eigenvalue weighted by molar-refractivity contribution is 6.10. The average Bonchev–Trinajstić information content (AvgIpc) is 2.87. The maximum Gasteiger partial charge on any atom is 0.330 e. The molecule has 2 rings (SSSR count). The number of ketones is 1. The predicted octanol–water partition coefficient (Wildman–Crippen LogP) is 6.41. The Kier molecular flexibility index (Phi) is 16.9. The maximum atomic E-state index is 12.9. The van der Waals surface area contributed by atoms with Gasteiger partial charge in [0.1, 0.15) is 5.75 Å². The van der Waals surface area contributed by atoms with Crippen LogP contribution in [-0.2, 0) is 9.53 Å². The van der Waals surface area contributed by atoms with Crippen molar-refractivity contribution in [3.63, 3.8) is 0 Å². The summed E-state index contributed by atoms with van der Waals surface area (Å²) in [5, 5.41) is 0. The highest BCUT2D eigenvalue weighted by Crippen LogP contribution is 2.22. The van der Waals surface area contributed by atoms with Crippen LogP contribution in [0.5, 0.6) is 5.75 Å². The van der Waals surface area contributed by atoms with E-state index in [2.05, 4.69) is 11.5 Å². The fraction of sp³-hybridized carbons (Fsp3) is 0.448. The predicted molar refractivity (Wildman–Crippen MR) is 142 cm³/mol. The SMILES string of the molecule is C=CC(=O)OCCCN(C)CCCOc1ccc(C)c(C(=O)c2ccccc2C)c1.CC.CC. The molecule has 2 aromatic carbocycles. The third kappa shape index (κ3) is 11.3. The van der Waals surface area contributed by atoms with Gasteiger partial charge in [-0.15, -0.1) is 0 Å². The lowest BCUT2D eigenvalue weighted by Gasteiger charge is -2.17. The lowest BCUT2D eigenvalue weighted by molar-refractivity contribution is -0.137. The first-order chi connectivity index (χ1) is 16.4. The van der Waals surface area contributed by atoms with Crippen LogP contribution in [0.3, 0.4) is 0 Å². The highest BCUT2D eigenvalue weighted by Gasteiger charge is 2.14. The van der Waals surface area contributed by atoms with Crippen LogP contribution in [0.2, 0.25) is 0 Å². The number of rotatable bonds is 12. The molecule has 0 aliphatic carbocycles. The Labute approximate surface area is 206 Å². The summed E-state index contributed by atoms with van der Waals surface area (Å²) in [6, 6.07) is 13.3. The molecule has 5 nitrogen and oxygen atoms in total. The van der Waals surface area contributed by atoms with Crippen LogP contribution in [0.25, 0.3) is 0 Å². The quantitative estimate of drug-likeness (QED) is 0.156. The molecule has 0 aliphatic heterocycles. The van der Waals surface area contributed by atoms with Gasteiger partial charge in [0.25, 0.3) is 0 Å². The number of carbonyl (C=O) groups excluding carboxylic acids is 2. The van der Waals surface area contributed by atoms with Gasteiger partial charge in [-0.1, -0.05) is 64.6 Å². The van der Waals surface area contributed by atoms with E-state index >= 15 is 0 Å². The fourth-order valence-corrected chi connectivity index (χ4v) is 3.11. The number of hydrogen-bond acceptors (Lipinski definition) is 5. The van der Waals surface area contributed by atoms with Gasteiger partial charge in [-0.3, -0.25) is 4.79 Å². The molecule has 0 aliphatic rings. The van der Waals surface area contributed by atoms with E-state index in [0.717, 1.165) is 42.6 Å². The van der Waals surface area contributed by atoms with E-state index in [1.54, 1.807) is 0 Å². The standard InChI is InChI=1S/C25H31NO4.2C2H6/c1-5-24(27)30-17-9-15-26(4)14-8-16-29-21-13-12-20(3)23(18-21)25(28)22-11-7-6-10-19(22)2;2*1-2/h5-7,10-13,18H,1,8-9,14-17H2,2-4H3;2*1-2H3. The minimum Gasteiger partial charge on any atom is -0.494 e. The molecule has 0 bridgehead atoms. The Balaban J connectivity index is 0.00000258. The lowest BCUT2D eigenvalue weighted by atomic mass is 9.96. The zero-order valence-electron chi connectivity index (χ0n) is 22.1. The summed E-state index contributed by atoms with van der Waals surface area (Å²) in [7, 11) is 2.03. The number of nitrogens with zero attached hydrogens (tertiary/aromatic N) is 1. The molecule has 0 aromatic heterocycles. The molecule has 0 spiro atoms. The summed E-state index contributed by atoms with van der Waals surface area (Å²) in [4.78, 5) is 26.1. The van der Waals surface area contributed by atoms with Crippen LogP contribution >= 0.6 is 0 Å². The lowest BCUT2D eigenvalue weighted by Crippen LogP contribution is -2.23. The molecule has 188 valence electrons. The van der Waals surface area contributed by atoms with Crippen LogP contribution in [0, 0.1) is 13.8 Å². The third-order valence-corrected chi connectivity index (χ3v) is 4.89. The summed E-state index contributed by atoms with van der Waals surface area (Å²) in [6.07, 6.45) is 2.81. The van der Waals surface area contributed by atoms with Crippen molar-refractivity contribution in [3.8, 4) is 5.75 Å². The molecular weight excluding hydrogens is 426 g/mol. The van der Waals surface area contributed by atoms with E-state index in [0.29, 0.717) is 24.5 Å². The number of hydrogen-bond donors (Lipinski definition) is 0. The van der Waals surface area contributed by atoms with Crippen LogP contribution in [0.1, 0.15) is 67.6 Å². The normalized spacial score (nSPS) is 9.76. The van der Waals surface area contributed by atoms with Crippen LogP contribution < -0.4 is 4.74 Å². The summed E-state index contributed by atoms with van der Waals surface area (Å²) in [5.41, 5.74) is 3.30. The first-order valence-electron chi connectivity index (χ1n) is 12.2. The van der Waals surface area contributed by atoms with E-state index in [9.17, 15) is 9.59 Å². The van der Waals surface area contributed by atoms with Gasteiger partial charge < -0.3 is 14.4 Å². The van der Waals surface area contributed by atoms with Gasteiger partial charge in [0, 0.05) is 30.3 Å². The number of ether oxygens (including phenoxy) is 2. The van der Waals surface area contributed by atoms with E-state index in [1.807, 2.05) is 91.1 Å². The topological polar surface area (TPSA) is 55.8 Å². The van der Waals surface area contributed by atoms with Gasteiger partial charge >= 0.3 is 5.97 Å². The minimum absolute atomic E-state index is 0.0212. The number of esters is 1. The molecule has 0 amide bonds. The molecule has 0 heterocycles. The van der Waals surface area contributed by atoms with Gasteiger partial charge in [-0.25, -0.2) is 4.79 Å². The van der Waals surface area contributed by atoms with Crippen LogP contribution in [-0.4, -0.2) is 50.0 Å². The summed E-state index contributed by atoms with van der Waals surface area (Å²) in [5.74, 6) is 0.342. The van der Waals surface area contributed by atoms with E-state index in [1.165, 1.54) is 6.08 Å². The maximum absolute atomic E-state index is 12.9. The Morgan fingerprint density at radius 1 is 0.882 bits per heavy atom. The Morgan fingerprint density at radius 3 is 2.09 bits per heavy atom. The van der Waals surface area contributed by atoms with E-state index in [-0.39, 0.29) is 11.8 Å². The number of aryl methyl sites for hydroxylation is 2. The molecule has 0 unspecified atom stereocenters. The molecule has 0 N–H and O–H groups in total. The van der Waals surface area contributed by atoms with Gasteiger partial charge in [-0.05, 0) is 57.0 Å². The average molecular weight is 470 g/mol. The molecule has 5 heteroatoms. The van der Waals surface area contributed by atoms with Crippen molar-refractivity contribution in [2.75, 3.05) is 33.4 Å². The summed E-state index contributed by atoms with van der Waals surface area (Å²) < 4.78 is 10.8.